The highest BCUT2D eigenvalue weighted by Gasteiger charge is 2.17. The van der Waals surface area contributed by atoms with Crippen LogP contribution in [0.3, 0.4) is 0 Å². The second kappa shape index (κ2) is 12.0. The molecule has 0 saturated heterocycles. The highest BCUT2D eigenvalue weighted by Crippen LogP contribution is 2.15. The third kappa shape index (κ3) is 7.99. The van der Waals surface area contributed by atoms with Crippen LogP contribution in [0.2, 0.25) is 0 Å². The van der Waals surface area contributed by atoms with E-state index in [1.54, 1.807) is 6.92 Å². The van der Waals surface area contributed by atoms with Gasteiger partial charge in [-0.25, -0.2) is 4.79 Å². The Morgan fingerprint density at radius 1 is 1.32 bits per heavy atom. The average Bonchev–Trinajstić information content (AvgIpc) is 2.89. The first kappa shape index (κ1) is 23.5. The maximum absolute atomic E-state index is 12.3. The molecule has 1 rings (SSSR count). The fourth-order valence-corrected chi connectivity index (χ4v) is 3.14. The first-order valence-corrected chi connectivity index (χ1v) is 9.88. The molecule has 2 N–H and O–H groups in total. The SMILES string of the molecule is CCOC(=O)NC(CNC(=O)CCc1c(C)nn(CCC#N)c1C)CC(C)C. The lowest BCUT2D eigenvalue weighted by Crippen LogP contribution is -2.44. The summed E-state index contributed by atoms with van der Waals surface area (Å²) < 4.78 is 6.76. The molecule has 1 aromatic rings. The number of amides is 2. The third-order valence-electron chi connectivity index (χ3n) is 4.47. The lowest BCUT2D eigenvalue weighted by molar-refractivity contribution is -0.121. The van der Waals surface area contributed by atoms with Gasteiger partial charge in [-0.1, -0.05) is 13.8 Å². The van der Waals surface area contributed by atoms with Crippen molar-refractivity contribution in [1.82, 2.24) is 20.4 Å². The molecule has 1 unspecified atom stereocenters. The normalized spacial score (nSPS) is 11.8. The Balaban J connectivity index is 2.55. The number of nitrogens with one attached hydrogen (secondary N) is 2. The second-order valence-electron chi connectivity index (χ2n) is 7.28. The highest BCUT2D eigenvalue weighted by molar-refractivity contribution is 5.76. The fourth-order valence-electron chi connectivity index (χ4n) is 3.14. The minimum atomic E-state index is -0.460. The van der Waals surface area contributed by atoms with Crippen molar-refractivity contribution in [2.24, 2.45) is 5.92 Å². The van der Waals surface area contributed by atoms with Gasteiger partial charge in [0, 0.05) is 24.7 Å². The minimum Gasteiger partial charge on any atom is -0.450 e. The summed E-state index contributed by atoms with van der Waals surface area (Å²) in [5.41, 5.74) is 2.95. The van der Waals surface area contributed by atoms with Gasteiger partial charge in [0.2, 0.25) is 5.91 Å². The average molecular weight is 392 g/mol. The van der Waals surface area contributed by atoms with Crippen molar-refractivity contribution in [3.8, 4) is 6.07 Å². The van der Waals surface area contributed by atoms with Crippen LogP contribution in [0.15, 0.2) is 0 Å². The maximum Gasteiger partial charge on any atom is 0.407 e. The van der Waals surface area contributed by atoms with Crippen LogP contribution in [0.4, 0.5) is 4.79 Å². The Kier molecular flexibility index (Phi) is 10.1. The quantitative estimate of drug-likeness (QED) is 0.603. The van der Waals surface area contributed by atoms with Crippen LogP contribution in [-0.4, -0.2) is 41.0 Å². The number of hydrogen-bond donors (Lipinski definition) is 2. The van der Waals surface area contributed by atoms with Crippen LogP contribution < -0.4 is 10.6 Å². The summed E-state index contributed by atoms with van der Waals surface area (Å²) in [6.45, 7) is 11.0. The van der Waals surface area contributed by atoms with Crippen LogP contribution in [-0.2, 0) is 22.5 Å². The molecule has 0 radical (unpaired) electrons. The second-order valence-corrected chi connectivity index (χ2v) is 7.28. The van der Waals surface area contributed by atoms with E-state index in [9.17, 15) is 9.59 Å². The molecular weight excluding hydrogens is 358 g/mol. The van der Waals surface area contributed by atoms with Crippen molar-refractivity contribution in [1.29, 1.82) is 5.26 Å². The van der Waals surface area contributed by atoms with E-state index < -0.39 is 6.09 Å². The van der Waals surface area contributed by atoms with E-state index in [-0.39, 0.29) is 11.9 Å². The summed E-state index contributed by atoms with van der Waals surface area (Å²) in [5, 5.41) is 18.9. The molecule has 8 nitrogen and oxygen atoms in total. The highest BCUT2D eigenvalue weighted by atomic mass is 16.5. The minimum absolute atomic E-state index is 0.0667. The smallest absolute Gasteiger partial charge is 0.407 e. The summed E-state index contributed by atoms with van der Waals surface area (Å²) in [5.74, 6) is 0.316. The predicted octanol–water partition coefficient (Wildman–Crippen LogP) is 2.62. The molecule has 1 atom stereocenters. The monoisotopic (exact) mass is 391 g/mol. The lowest BCUT2D eigenvalue weighted by Gasteiger charge is -2.20. The summed E-state index contributed by atoms with van der Waals surface area (Å²) in [6, 6.07) is 1.95. The molecule has 0 spiro atoms. The number of hydrogen-bond acceptors (Lipinski definition) is 5. The van der Waals surface area contributed by atoms with E-state index in [4.69, 9.17) is 10.00 Å². The molecule has 0 aliphatic carbocycles. The summed E-state index contributed by atoms with van der Waals surface area (Å²) in [7, 11) is 0. The van der Waals surface area contributed by atoms with Crippen molar-refractivity contribution in [2.75, 3.05) is 13.2 Å². The molecule has 2 amide bonds. The van der Waals surface area contributed by atoms with E-state index >= 15 is 0 Å². The van der Waals surface area contributed by atoms with Crippen molar-refractivity contribution in [3.63, 3.8) is 0 Å². The van der Waals surface area contributed by atoms with Gasteiger partial charge in [-0.05, 0) is 45.1 Å². The van der Waals surface area contributed by atoms with Crippen LogP contribution in [0.5, 0.6) is 0 Å². The van der Waals surface area contributed by atoms with E-state index in [0.717, 1.165) is 23.4 Å². The molecule has 0 aliphatic rings. The molecule has 0 bridgehead atoms. The topological polar surface area (TPSA) is 109 Å². The molecule has 156 valence electrons. The number of carbonyl (C=O) groups is 2. The molecule has 1 aromatic heterocycles. The van der Waals surface area contributed by atoms with Crippen molar-refractivity contribution in [2.45, 2.75) is 72.9 Å². The number of nitriles is 1. The van der Waals surface area contributed by atoms with Gasteiger partial charge in [0.25, 0.3) is 0 Å². The van der Waals surface area contributed by atoms with Gasteiger partial charge in [-0.3, -0.25) is 9.48 Å². The van der Waals surface area contributed by atoms with E-state index in [0.29, 0.717) is 44.9 Å². The predicted molar refractivity (Wildman–Crippen MR) is 107 cm³/mol. The van der Waals surface area contributed by atoms with Crippen molar-refractivity contribution >= 4 is 12.0 Å². The third-order valence-corrected chi connectivity index (χ3v) is 4.47. The standard InChI is InChI=1S/C20H33N5O3/c1-6-28-20(27)23-17(12-14(2)3)13-22-19(26)9-8-18-15(4)24-25(16(18)5)11-7-10-21/h14,17H,6-9,11-13H2,1-5H3,(H,22,26)(H,23,27). The van der Waals surface area contributed by atoms with Gasteiger partial charge in [0.1, 0.15) is 0 Å². The zero-order valence-electron chi connectivity index (χ0n) is 17.7. The Morgan fingerprint density at radius 2 is 2.04 bits per heavy atom. The van der Waals surface area contributed by atoms with Crippen molar-refractivity contribution in [3.05, 3.63) is 17.0 Å². The number of ether oxygens (including phenoxy) is 1. The van der Waals surface area contributed by atoms with E-state index in [1.807, 2.05) is 18.5 Å². The maximum atomic E-state index is 12.3. The fraction of sp³-hybridized carbons (Fsp3) is 0.700. The summed E-state index contributed by atoms with van der Waals surface area (Å²) in [6.07, 6.45) is 1.64. The molecule has 0 fully saturated rings. The van der Waals surface area contributed by atoms with Crippen LogP contribution in [0, 0.1) is 31.1 Å². The molecule has 1 heterocycles. The van der Waals surface area contributed by atoms with Gasteiger partial charge in [0.05, 0.1) is 31.3 Å². The number of aromatic nitrogens is 2. The van der Waals surface area contributed by atoms with Gasteiger partial charge >= 0.3 is 6.09 Å². The van der Waals surface area contributed by atoms with Crippen molar-refractivity contribution < 1.29 is 14.3 Å². The number of nitrogens with zero attached hydrogens (tertiary/aromatic N) is 3. The Hall–Kier alpha value is -2.56. The number of carbonyl (C=O) groups excluding carboxylic acids is 2. The molecule has 0 aliphatic heterocycles. The van der Waals surface area contributed by atoms with Gasteiger partial charge < -0.3 is 15.4 Å². The zero-order valence-corrected chi connectivity index (χ0v) is 17.7. The Labute approximate surface area is 167 Å². The molecule has 8 heteroatoms. The zero-order chi connectivity index (χ0) is 21.1. The summed E-state index contributed by atoms with van der Waals surface area (Å²) in [4.78, 5) is 24.0. The summed E-state index contributed by atoms with van der Waals surface area (Å²) >= 11 is 0. The molecule has 0 saturated carbocycles. The Bertz CT molecular complexity index is 691. The van der Waals surface area contributed by atoms with Gasteiger partial charge in [0.15, 0.2) is 0 Å². The van der Waals surface area contributed by atoms with Crippen LogP contribution in [0.1, 0.15) is 57.0 Å². The number of rotatable bonds is 11. The number of alkyl carbamates (subject to hydrolysis) is 1. The van der Waals surface area contributed by atoms with Gasteiger partial charge in [-0.2, -0.15) is 10.4 Å². The lowest BCUT2D eigenvalue weighted by atomic mass is 10.0. The number of aryl methyl sites for hydroxylation is 2. The first-order valence-electron chi connectivity index (χ1n) is 9.88. The van der Waals surface area contributed by atoms with Crippen LogP contribution >= 0.6 is 0 Å². The molecule has 0 aromatic carbocycles. The van der Waals surface area contributed by atoms with Crippen LogP contribution in [0.25, 0.3) is 0 Å². The molecule has 28 heavy (non-hydrogen) atoms. The van der Waals surface area contributed by atoms with E-state index in [2.05, 4.69) is 35.6 Å². The largest absolute Gasteiger partial charge is 0.450 e. The van der Waals surface area contributed by atoms with E-state index in [1.165, 1.54) is 0 Å². The van der Waals surface area contributed by atoms with Gasteiger partial charge in [-0.15, -0.1) is 0 Å². The molecular formula is C20H33N5O3. The first-order chi connectivity index (χ1) is 13.3. The Morgan fingerprint density at radius 3 is 2.64 bits per heavy atom.